The summed E-state index contributed by atoms with van der Waals surface area (Å²) >= 11 is 0. The van der Waals surface area contributed by atoms with Crippen LogP contribution in [0.4, 0.5) is 42.1 Å². The summed E-state index contributed by atoms with van der Waals surface area (Å²) in [5.74, 6) is -0.509. The van der Waals surface area contributed by atoms with Gasteiger partial charge in [-0.25, -0.2) is 4.39 Å². The lowest BCUT2D eigenvalue weighted by Crippen LogP contribution is -2.52. The van der Waals surface area contributed by atoms with Gasteiger partial charge in [0.1, 0.15) is 18.7 Å². The van der Waals surface area contributed by atoms with E-state index in [-0.39, 0.29) is 25.9 Å². The van der Waals surface area contributed by atoms with Crippen molar-refractivity contribution in [1.29, 1.82) is 0 Å². The van der Waals surface area contributed by atoms with Crippen LogP contribution in [0.15, 0.2) is 42.5 Å². The standard InChI is InChI=1S/C23H25F7N4O3/c24-18-1-3-19(4-2-18)32-15-33(37-10-7-35)34(21(32)14-31-5-8-36-9-6-31)20-12-16(22(25,26)27)11-17(13-20)23(28,29)30/h1-4,11-13,21,35H,5-10,14-15H2. The number of hydrogen-bond donors (Lipinski definition) is 1. The van der Waals surface area contributed by atoms with Crippen molar-refractivity contribution in [3.63, 3.8) is 0 Å². The fraction of sp³-hybridized carbons (Fsp3) is 0.478. The molecule has 37 heavy (non-hydrogen) atoms. The summed E-state index contributed by atoms with van der Waals surface area (Å²) in [7, 11) is 0. The lowest BCUT2D eigenvalue weighted by Gasteiger charge is -2.38. The SMILES string of the molecule is OCCON1CN(c2ccc(F)cc2)C(CN2CCOCC2)N1c1cc(C(F)(F)F)cc(C(F)(F)F)c1. The second-order valence-electron chi connectivity index (χ2n) is 8.50. The Bertz CT molecular complexity index is 1010. The van der Waals surface area contributed by atoms with Crippen LogP contribution >= 0.6 is 0 Å². The first-order valence-electron chi connectivity index (χ1n) is 11.4. The van der Waals surface area contributed by atoms with Gasteiger partial charge in [-0.15, -0.1) is 0 Å². The van der Waals surface area contributed by atoms with Crippen molar-refractivity contribution >= 4 is 11.4 Å². The van der Waals surface area contributed by atoms with Crippen molar-refractivity contribution in [2.24, 2.45) is 0 Å². The topological polar surface area (TPSA) is 51.7 Å². The fourth-order valence-electron chi connectivity index (χ4n) is 4.27. The van der Waals surface area contributed by atoms with Crippen LogP contribution in [0.3, 0.4) is 0 Å². The summed E-state index contributed by atoms with van der Waals surface area (Å²) < 4.78 is 101. The average molecular weight is 538 g/mol. The number of alkyl halides is 6. The molecule has 14 heteroatoms. The van der Waals surface area contributed by atoms with Gasteiger partial charge in [0, 0.05) is 25.3 Å². The highest BCUT2D eigenvalue weighted by Crippen LogP contribution is 2.41. The van der Waals surface area contributed by atoms with Crippen molar-refractivity contribution < 1.29 is 45.4 Å². The zero-order valence-corrected chi connectivity index (χ0v) is 19.5. The first-order valence-corrected chi connectivity index (χ1v) is 11.4. The Labute approximate surface area is 208 Å². The van der Waals surface area contributed by atoms with Crippen LogP contribution in [-0.4, -0.2) is 74.1 Å². The maximum absolute atomic E-state index is 13.6. The second kappa shape index (κ2) is 11.0. The number of hydroxylamine groups is 1. The molecule has 2 saturated heterocycles. The molecule has 1 unspecified atom stereocenters. The summed E-state index contributed by atoms with van der Waals surface area (Å²) in [6, 6.07) is 6.65. The smallest absolute Gasteiger partial charge is 0.394 e. The van der Waals surface area contributed by atoms with Crippen LogP contribution in [0.5, 0.6) is 0 Å². The lowest BCUT2D eigenvalue weighted by molar-refractivity contribution is -0.161. The molecule has 0 radical (unpaired) electrons. The molecule has 2 fully saturated rings. The number of nitrogens with zero attached hydrogens (tertiary/aromatic N) is 4. The monoisotopic (exact) mass is 538 g/mol. The Balaban J connectivity index is 1.83. The third-order valence-electron chi connectivity index (χ3n) is 6.01. The predicted molar refractivity (Wildman–Crippen MR) is 119 cm³/mol. The van der Waals surface area contributed by atoms with Gasteiger partial charge in [-0.3, -0.25) is 14.7 Å². The molecule has 204 valence electrons. The van der Waals surface area contributed by atoms with E-state index in [4.69, 9.17) is 9.57 Å². The minimum atomic E-state index is -5.04. The van der Waals surface area contributed by atoms with E-state index in [0.717, 1.165) is 5.17 Å². The molecule has 0 spiro atoms. The molecule has 2 aromatic rings. The summed E-state index contributed by atoms with van der Waals surface area (Å²) in [5, 5.41) is 11.6. The fourth-order valence-corrected chi connectivity index (χ4v) is 4.27. The van der Waals surface area contributed by atoms with Crippen molar-refractivity contribution in [3.8, 4) is 0 Å². The summed E-state index contributed by atoms with van der Waals surface area (Å²) in [4.78, 5) is 9.20. The maximum atomic E-state index is 13.6. The van der Waals surface area contributed by atoms with E-state index < -0.39 is 47.8 Å². The molecule has 0 aliphatic carbocycles. The number of hydrogen-bond acceptors (Lipinski definition) is 7. The average Bonchev–Trinajstić information content (AvgIpc) is 3.20. The molecular formula is C23H25F7N4O3. The molecule has 0 bridgehead atoms. The number of ether oxygens (including phenoxy) is 1. The number of morpholine rings is 1. The highest BCUT2D eigenvalue weighted by molar-refractivity contribution is 5.58. The molecule has 1 atom stereocenters. The van der Waals surface area contributed by atoms with Gasteiger partial charge in [-0.05, 0) is 42.5 Å². The van der Waals surface area contributed by atoms with Gasteiger partial charge in [0.05, 0.1) is 43.2 Å². The molecule has 2 aliphatic heterocycles. The quantitative estimate of drug-likeness (QED) is 0.536. The first kappa shape index (κ1) is 27.4. The molecule has 1 N–H and O–H groups in total. The van der Waals surface area contributed by atoms with E-state index in [1.807, 2.05) is 4.90 Å². The van der Waals surface area contributed by atoms with Gasteiger partial charge in [-0.1, -0.05) is 5.17 Å². The van der Waals surface area contributed by atoms with Crippen molar-refractivity contribution in [3.05, 3.63) is 59.4 Å². The Morgan fingerprint density at radius 2 is 1.49 bits per heavy atom. The summed E-state index contributed by atoms with van der Waals surface area (Å²) in [6.45, 7) is 1.20. The van der Waals surface area contributed by atoms with Crippen molar-refractivity contribution in [2.75, 3.05) is 62.6 Å². The van der Waals surface area contributed by atoms with Crippen molar-refractivity contribution in [2.45, 2.75) is 18.5 Å². The van der Waals surface area contributed by atoms with Gasteiger partial charge >= 0.3 is 12.4 Å². The number of anilines is 2. The van der Waals surface area contributed by atoms with Gasteiger partial charge in [-0.2, -0.15) is 26.3 Å². The van der Waals surface area contributed by atoms with Crippen LogP contribution < -0.4 is 9.91 Å². The predicted octanol–water partition coefficient (Wildman–Crippen LogP) is 3.95. The Morgan fingerprint density at radius 1 is 0.892 bits per heavy atom. The minimum Gasteiger partial charge on any atom is -0.394 e. The normalized spacial score (nSPS) is 20.2. The third-order valence-corrected chi connectivity index (χ3v) is 6.01. The van der Waals surface area contributed by atoms with Crippen LogP contribution in [0.1, 0.15) is 11.1 Å². The van der Waals surface area contributed by atoms with E-state index in [0.29, 0.717) is 44.1 Å². The van der Waals surface area contributed by atoms with Crippen LogP contribution in [0, 0.1) is 5.82 Å². The molecule has 7 nitrogen and oxygen atoms in total. The van der Waals surface area contributed by atoms with E-state index >= 15 is 0 Å². The minimum absolute atomic E-state index is 0.0627. The second-order valence-corrected chi connectivity index (χ2v) is 8.50. The molecule has 2 aromatic carbocycles. The largest absolute Gasteiger partial charge is 0.416 e. The summed E-state index contributed by atoms with van der Waals surface area (Å²) in [6.07, 6.45) is -10.9. The van der Waals surface area contributed by atoms with E-state index in [2.05, 4.69) is 0 Å². The highest BCUT2D eigenvalue weighted by Gasteiger charge is 2.43. The van der Waals surface area contributed by atoms with Gasteiger partial charge in [0.2, 0.25) is 0 Å². The van der Waals surface area contributed by atoms with Gasteiger partial charge < -0.3 is 14.7 Å². The first-order chi connectivity index (χ1) is 17.5. The zero-order chi connectivity index (χ0) is 26.8. The highest BCUT2D eigenvalue weighted by atomic mass is 19.4. The molecule has 0 aromatic heterocycles. The number of aliphatic hydroxyl groups excluding tert-OH is 1. The molecule has 0 saturated carbocycles. The van der Waals surface area contributed by atoms with E-state index in [9.17, 15) is 35.8 Å². The number of aliphatic hydroxyl groups is 1. The number of rotatable bonds is 7. The molecule has 2 heterocycles. The molecule has 2 aliphatic rings. The Kier molecular flexibility index (Phi) is 8.14. The number of hydrazine groups is 1. The Hall–Kier alpha value is -2.65. The third kappa shape index (κ3) is 6.44. The van der Waals surface area contributed by atoms with Crippen LogP contribution in [-0.2, 0) is 21.9 Å². The van der Waals surface area contributed by atoms with E-state index in [1.165, 1.54) is 29.3 Å². The lowest BCUT2D eigenvalue weighted by atomic mass is 10.1. The Morgan fingerprint density at radius 3 is 2.03 bits per heavy atom. The molecule has 4 rings (SSSR count). The molecular weight excluding hydrogens is 513 g/mol. The van der Waals surface area contributed by atoms with Gasteiger partial charge in [0.15, 0.2) is 0 Å². The van der Waals surface area contributed by atoms with E-state index in [1.54, 1.807) is 4.90 Å². The zero-order valence-electron chi connectivity index (χ0n) is 19.5. The van der Waals surface area contributed by atoms with Crippen LogP contribution in [0.2, 0.25) is 0 Å². The van der Waals surface area contributed by atoms with Crippen molar-refractivity contribution in [1.82, 2.24) is 10.1 Å². The van der Waals surface area contributed by atoms with Gasteiger partial charge in [0.25, 0.3) is 0 Å². The molecule has 0 amide bonds. The maximum Gasteiger partial charge on any atom is 0.416 e. The summed E-state index contributed by atoms with van der Waals surface area (Å²) in [5.41, 5.74) is -2.86. The number of benzene rings is 2. The number of halogens is 7. The van der Waals surface area contributed by atoms with Crippen LogP contribution in [0.25, 0.3) is 0 Å².